The van der Waals surface area contributed by atoms with Gasteiger partial charge in [0.2, 0.25) is 0 Å². The molecule has 4 heteroatoms. The number of carbonyl (C=O) groups is 1. The second-order valence-electron chi connectivity index (χ2n) is 5.10. The Bertz CT molecular complexity index is 665. The third kappa shape index (κ3) is 3.16. The number of nitrogens with one attached hydrogen (secondary N) is 1. The number of pyridine rings is 1. The molecule has 0 fully saturated rings. The van der Waals surface area contributed by atoms with Gasteiger partial charge in [0, 0.05) is 23.5 Å². The number of carbonyl (C=O) groups excluding carboxylic acids is 1. The molecule has 0 saturated heterocycles. The van der Waals surface area contributed by atoms with E-state index in [9.17, 15) is 4.79 Å². The number of aromatic nitrogens is 1. The quantitative estimate of drug-likeness (QED) is 0.678. The summed E-state index contributed by atoms with van der Waals surface area (Å²) >= 11 is 0. The van der Waals surface area contributed by atoms with Crippen LogP contribution in [0.25, 0.3) is 0 Å². The lowest BCUT2D eigenvalue weighted by Crippen LogP contribution is -2.20. The normalized spacial score (nSPS) is 16.1. The van der Waals surface area contributed by atoms with Crippen LogP contribution in [0.1, 0.15) is 40.7 Å². The summed E-state index contributed by atoms with van der Waals surface area (Å²) in [6, 6.07) is 11.6. The minimum Gasteiger partial charge on any atom is -0.267 e. The van der Waals surface area contributed by atoms with Crippen molar-refractivity contribution >= 4 is 11.6 Å². The van der Waals surface area contributed by atoms with Crippen LogP contribution in [0.15, 0.2) is 53.9 Å². The topological polar surface area (TPSA) is 54.4 Å². The van der Waals surface area contributed by atoms with Crippen LogP contribution in [0, 0.1) is 0 Å². The molecule has 1 heterocycles. The van der Waals surface area contributed by atoms with Crippen LogP contribution in [0.4, 0.5) is 0 Å². The molecule has 0 unspecified atom stereocenters. The molecular formula is C17H17N3O. The third-order valence-electron chi connectivity index (χ3n) is 3.67. The molecule has 0 bridgehead atoms. The fourth-order valence-corrected chi connectivity index (χ4v) is 2.56. The van der Waals surface area contributed by atoms with Crippen molar-refractivity contribution in [3.8, 4) is 0 Å². The number of hydrogen-bond donors (Lipinski definition) is 1. The van der Waals surface area contributed by atoms with Crippen molar-refractivity contribution in [1.29, 1.82) is 0 Å². The SMILES string of the molecule is O=C(N/N=C1\CCCCc2ccccc21)c1ccncc1. The predicted molar refractivity (Wildman–Crippen MR) is 82.2 cm³/mol. The minimum absolute atomic E-state index is 0.202. The van der Waals surface area contributed by atoms with Crippen LogP contribution < -0.4 is 5.43 Å². The van der Waals surface area contributed by atoms with E-state index in [2.05, 4.69) is 33.7 Å². The number of fused-ring (bicyclic) bond motifs is 1. The third-order valence-corrected chi connectivity index (χ3v) is 3.67. The lowest BCUT2D eigenvalue weighted by atomic mass is 10.0. The first kappa shape index (κ1) is 13.5. The first-order valence-electron chi connectivity index (χ1n) is 7.20. The van der Waals surface area contributed by atoms with Crippen molar-refractivity contribution in [1.82, 2.24) is 10.4 Å². The number of rotatable bonds is 2. The standard InChI is InChI=1S/C17H17N3O/c21-17(14-9-11-18-12-10-14)20-19-16-8-4-2-6-13-5-1-3-7-15(13)16/h1,3,5,7,9-12H,2,4,6,8H2,(H,20,21)/b19-16+. The van der Waals surface area contributed by atoms with Gasteiger partial charge in [-0.1, -0.05) is 24.3 Å². The summed E-state index contributed by atoms with van der Waals surface area (Å²) in [6.45, 7) is 0. The molecule has 0 radical (unpaired) electrons. The Hall–Kier alpha value is -2.49. The Labute approximate surface area is 123 Å². The largest absolute Gasteiger partial charge is 0.271 e. The van der Waals surface area contributed by atoms with Gasteiger partial charge in [0.1, 0.15) is 0 Å². The van der Waals surface area contributed by atoms with Crippen molar-refractivity contribution in [2.24, 2.45) is 5.10 Å². The van der Waals surface area contributed by atoms with Crippen molar-refractivity contribution in [3.63, 3.8) is 0 Å². The van der Waals surface area contributed by atoms with Crippen molar-refractivity contribution in [2.45, 2.75) is 25.7 Å². The van der Waals surface area contributed by atoms with Crippen LogP contribution in [0.5, 0.6) is 0 Å². The molecule has 0 spiro atoms. The molecular weight excluding hydrogens is 262 g/mol. The van der Waals surface area contributed by atoms with Gasteiger partial charge in [-0.05, 0) is 43.4 Å². The first-order chi connectivity index (χ1) is 10.3. The van der Waals surface area contributed by atoms with Crippen molar-refractivity contribution in [3.05, 3.63) is 65.5 Å². The zero-order valence-electron chi connectivity index (χ0n) is 11.7. The van der Waals surface area contributed by atoms with E-state index in [1.807, 2.05) is 6.07 Å². The maximum Gasteiger partial charge on any atom is 0.271 e. The van der Waals surface area contributed by atoms with Gasteiger partial charge >= 0.3 is 0 Å². The van der Waals surface area contributed by atoms with Gasteiger partial charge in [-0.15, -0.1) is 0 Å². The van der Waals surface area contributed by atoms with Gasteiger partial charge < -0.3 is 0 Å². The smallest absolute Gasteiger partial charge is 0.267 e. The molecule has 0 aliphatic heterocycles. The van der Waals surface area contributed by atoms with E-state index in [-0.39, 0.29) is 5.91 Å². The zero-order chi connectivity index (χ0) is 14.5. The number of hydrazone groups is 1. The fraction of sp³-hybridized carbons (Fsp3) is 0.235. The Balaban J connectivity index is 1.82. The molecule has 1 aromatic heterocycles. The van der Waals surface area contributed by atoms with E-state index < -0.39 is 0 Å². The molecule has 1 aliphatic rings. The molecule has 4 nitrogen and oxygen atoms in total. The summed E-state index contributed by atoms with van der Waals surface area (Å²) in [5.41, 5.74) is 6.66. The first-order valence-corrected chi connectivity index (χ1v) is 7.20. The van der Waals surface area contributed by atoms with E-state index in [0.29, 0.717) is 5.56 Å². The van der Waals surface area contributed by atoms with Crippen molar-refractivity contribution in [2.75, 3.05) is 0 Å². The van der Waals surface area contributed by atoms with Gasteiger partial charge in [-0.25, -0.2) is 5.43 Å². The molecule has 2 aromatic rings. The maximum absolute atomic E-state index is 12.0. The highest BCUT2D eigenvalue weighted by atomic mass is 16.2. The monoisotopic (exact) mass is 279 g/mol. The van der Waals surface area contributed by atoms with E-state index in [0.717, 1.165) is 37.0 Å². The molecule has 1 aliphatic carbocycles. The van der Waals surface area contributed by atoms with Crippen LogP contribution in [-0.4, -0.2) is 16.6 Å². The number of aryl methyl sites for hydroxylation is 1. The van der Waals surface area contributed by atoms with Gasteiger partial charge in [0.15, 0.2) is 0 Å². The number of amides is 1. The number of nitrogens with zero attached hydrogens (tertiary/aromatic N) is 2. The van der Waals surface area contributed by atoms with E-state index >= 15 is 0 Å². The zero-order valence-corrected chi connectivity index (χ0v) is 11.7. The second kappa shape index (κ2) is 6.31. The fourth-order valence-electron chi connectivity index (χ4n) is 2.56. The van der Waals surface area contributed by atoms with Crippen LogP contribution in [0.2, 0.25) is 0 Å². The Kier molecular flexibility index (Phi) is 4.05. The van der Waals surface area contributed by atoms with Crippen LogP contribution in [0.3, 0.4) is 0 Å². The summed E-state index contributed by atoms with van der Waals surface area (Å²) < 4.78 is 0. The molecule has 3 rings (SSSR count). The van der Waals surface area contributed by atoms with Crippen LogP contribution >= 0.6 is 0 Å². The predicted octanol–water partition coefficient (Wildman–Crippen LogP) is 2.94. The second-order valence-corrected chi connectivity index (χ2v) is 5.10. The molecule has 106 valence electrons. The van der Waals surface area contributed by atoms with Gasteiger partial charge in [-0.2, -0.15) is 5.10 Å². The number of benzene rings is 1. The van der Waals surface area contributed by atoms with E-state index in [1.165, 1.54) is 5.56 Å². The summed E-state index contributed by atoms with van der Waals surface area (Å²) in [5, 5.41) is 4.36. The molecule has 1 amide bonds. The molecule has 0 atom stereocenters. The average molecular weight is 279 g/mol. The summed E-state index contributed by atoms with van der Waals surface area (Å²) in [6.07, 6.45) is 7.43. The highest BCUT2D eigenvalue weighted by Gasteiger charge is 2.14. The van der Waals surface area contributed by atoms with E-state index in [1.54, 1.807) is 24.5 Å². The lowest BCUT2D eigenvalue weighted by Gasteiger charge is -2.08. The minimum atomic E-state index is -0.202. The highest BCUT2D eigenvalue weighted by Crippen LogP contribution is 2.20. The summed E-state index contributed by atoms with van der Waals surface area (Å²) in [5.74, 6) is -0.202. The Morgan fingerprint density at radius 3 is 2.67 bits per heavy atom. The van der Waals surface area contributed by atoms with Gasteiger partial charge in [0.05, 0.1) is 5.71 Å². The lowest BCUT2D eigenvalue weighted by molar-refractivity contribution is 0.0954. The maximum atomic E-state index is 12.0. The average Bonchev–Trinajstić information content (AvgIpc) is 2.76. The number of hydrogen-bond acceptors (Lipinski definition) is 3. The van der Waals surface area contributed by atoms with Crippen LogP contribution in [-0.2, 0) is 6.42 Å². The highest BCUT2D eigenvalue weighted by molar-refractivity contribution is 6.03. The van der Waals surface area contributed by atoms with Gasteiger partial charge in [0.25, 0.3) is 5.91 Å². The van der Waals surface area contributed by atoms with Gasteiger partial charge in [-0.3, -0.25) is 9.78 Å². The van der Waals surface area contributed by atoms with Crippen molar-refractivity contribution < 1.29 is 4.79 Å². The molecule has 21 heavy (non-hydrogen) atoms. The Morgan fingerprint density at radius 1 is 1.05 bits per heavy atom. The van der Waals surface area contributed by atoms with E-state index in [4.69, 9.17) is 0 Å². The molecule has 1 N–H and O–H groups in total. The summed E-state index contributed by atoms with van der Waals surface area (Å²) in [4.78, 5) is 15.9. The molecule has 0 saturated carbocycles. The Morgan fingerprint density at radius 2 is 1.81 bits per heavy atom. The molecule has 1 aromatic carbocycles. The summed E-state index contributed by atoms with van der Waals surface area (Å²) in [7, 11) is 0.